The predicted octanol–water partition coefficient (Wildman–Crippen LogP) is 3.50. The van der Waals surface area contributed by atoms with Gasteiger partial charge in [-0.25, -0.2) is 0 Å². The first-order chi connectivity index (χ1) is 8.00. The van der Waals surface area contributed by atoms with Crippen LogP contribution in [-0.2, 0) is 4.79 Å². The van der Waals surface area contributed by atoms with E-state index in [1.54, 1.807) is 25.1 Å². The number of carbonyl (C=O) groups is 1. The molecule has 0 aliphatic heterocycles. The molecule has 0 aliphatic carbocycles. The fraction of sp³-hybridized carbons (Fsp3) is 0.154. The van der Waals surface area contributed by atoms with Gasteiger partial charge in [0.25, 0.3) is 0 Å². The Balaban J connectivity index is 2.60. The number of hydrogen-bond acceptors (Lipinski definition) is 2. The molecule has 4 heteroatoms. The SMILES string of the molecule is CC(C(=O)O)c1ccc2c(Br)c(O)ccc2c1. The average Bonchev–Trinajstić information content (AvgIpc) is 2.32. The van der Waals surface area contributed by atoms with E-state index < -0.39 is 11.9 Å². The lowest BCUT2D eigenvalue weighted by Gasteiger charge is -2.09. The molecule has 0 amide bonds. The fourth-order valence-corrected chi connectivity index (χ4v) is 2.20. The highest BCUT2D eigenvalue weighted by Crippen LogP contribution is 2.33. The van der Waals surface area contributed by atoms with Crippen molar-refractivity contribution in [3.63, 3.8) is 0 Å². The average molecular weight is 295 g/mol. The Morgan fingerprint density at radius 2 is 2.00 bits per heavy atom. The highest BCUT2D eigenvalue weighted by Gasteiger charge is 2.14. The molecule has 0 aliphatic rings. The number of aliphatic carboxylic acids is 1. The Morgan fingerprint density at radius 3 is 2.65 bits per heavy atom. The van der Waals surface area contributed by atoms with Gasteiger partial charge < -0.3 is 10.2 Å². The Hall–Kier alpha value is -1.55. The molecule has 2 rings (SSSR count). The van der Waals surface area contributed by atoms with Crippen LogP contribution >= 0.6 is 15.9 Å². The highest BCUT2D eigenvalue weighted by molar-refractivity contribution is 9.10. The van der Waals surface area contributed by atoms with Crippen molar-refractivity contribution in [1.82, 2.24) is 0 Å². The van der Waals surface area contributed by atoms with Crippen LogP contribution in [0.2, 0.25) is 0 Å². The first-order valence-electron chi connectivity index (χ1n) is 5.14. The number of hydrogen-bond donors (Lipinski definition) is 2. The summed E-state index contributed by atoms with van der Waals surface area (Å²) in [6.45, 7) is 1.65. The lowest BCUT2D eigenvalue weighted by molar-refractivity contribution is -0.138. The third-order valence-electron chi connectivity index (χ3n) is 2.83. The minimum Gasteiger partial charge on any atom is -0.507 e. The summed E-state index contributed by atoms with van der Waals surface area (Å²) in [5.74, 6) is -1.20. The summed E-state index contributed by atoms with van der Waals surface area (Å²) in [4.78, 5) is 10.9. The lowest BCUT2D eigenvalue weighted by Crippen LogP contribution is -2.07. The van der Waals surface area contributed by atoms with Gasteiger partial charge in [0, 0.05) is 0 Å². The Kier molecular flexibility index (Phi) is 3.07. The van der Waals surface area contributed by atoms with Crippen LogP contribution in [-0.4, -0.2) is 16.2 Å². The molecule has 0 aromatic heterocycles. The Labute approximate surface area is 107 Å². The molecule has 0 heterocycles. The third kappa shape index (κ3) is 2.13. The summed E-state index contributed by atoms with van der Waals surface area (Å²) in [6.07, 6.45) is 0. The standard InChI is InChI=1S/C13H11BrO3/c1-7(13(16)17)8-2-4-10-9(6-8)3-5-11(15)12(10)14/h2-7,15H,1H3,(H,16,17). The summed E-state index contributed by atoms with van der Waals surface area (Å²) >= 11 is 3.30. The number of rotatable bonds is 2. The summed E-state index contributed by atoms with van der Waals surface area (Å²) in [6, 6.07) is 8.77. The Bertz CT molecular complexity index is 592. The van der Waals surface area contributed by atoms with E-state index in [9.17, 15) is 9.90 Å². The zero-order valence-corrected chi connectivity index (χ0v) is 10.7. The number of fused-ring (bicyclic) bond motifs is 1. The number of phenols is 1. The van der Waals surface area contributed by atoms with E-state index in [-0.39, 0.29) is 5.75 Å². The summed E-state index contributed by atoms with van der Waals surface area (Å²) < 4.78 is 0.629. The van der Waals surface area contributed by atoms with Crippen molar-refractivity contribution >= 4 is 32.7 Å². The third-order valence-corrected chi connectivity index (χ3v) is 3.66. The van der Waals surface area contributed by atoms with Crippen LogP contribution in [0.25, 0.3) is 10.8 Å². The van der Waals surface area contributed by atoms with Gasteiger partial charge in [0.05, 0.1) is 10.4 Å². The van der Waals surface area contributed by atoms with Crippen LogP contribution < -0.4 is 0 Å². The van der Waals surface area contributed by atoms with Gasteiger partial charge in [-0.05, 0) is 45.3 Å². The van der Waals surface area contributed by atoms with Crippen LogP contribution in [0.5, 0.6) is 5.75 Å². The monoisotopic (exact) mass is 294 g/mol. The van der Waals surface area contributed by atoms with Crippen LogP contribution in [0.3, 0.4) is 0 Å². The molecular formula is C13H11BrO3. The number of benzene rings is 2. The van der Waals surface area contributed by atoms with E-state index in [0.717, 1.165) is 16.3 Å². The number of halogens is 1. The second kappa shape index (κ2) is 4.37. The number of phenolic OH excluding ortho intramolecular Hbond substituents is 1. The molecule has 2 aromatic rings. The van der Waals surface area contributed by atoms with Gasteiger partial charge in [-0.3, -0.25) is 4.79 Å². The van der Waals surface area contributed by atoms with E-state index >= 15 is 0 Å². The molecule has 1 unspecified atom stereocenters. The van der Waals surface area contributed by atoms with Gasteiger partial charge in [0.1, 0.15) is 5.75 Å². The van der Waals surface area contributed by atoms with Gasteiger partial charge in [-0.2, -0.15) is 0 Å². The summed E-state index contributed by atoms with van der Waals surface area (Å²) in [7, 11) is 0. The highest BCUT2D eigenvalue weighted by atomic mass is 79.9. The first-order valence-corrected chi connectivity index (χ1v) is 5.94. The van der Waals surface area contributed by atoms with Gasteiger partial charge in [0.2, 0.25) is 0 Å². The molecule has 0 spiro atoms. The van der Waals surface area contributed by atoms with Crippen molar-refractivity contribution in [3.05, 3.63) is 40.4 Å². The van der Waals surface area contributed by atoms with Crippen molar-refractivity contribution in [2.75, 3.05) is 0 Å². The molecule has 88 valence electrons. The van der Waals surface area contributed by atoms with E-state index in [4.69, 9.17) is 5.11 Å². The lowest BCUT2D eigenvalue weighted by atomic mass is 9.98. The summed E-state index contributed by atoms with van der Waals surface area (Å²) in [5.41, 5.74) is 0.752. The predicted molar refractivity (Wildman–Crippen MR) is 69.4 cm³/mol. The molecule has 0 bridgehead atoms. The normalized spacial score (nSPS) is 12.6. The van der Waals surface area contributed by atoms with Gasteiger partial charge in [0.15, 0.2) is 0 Å². The minimum atomic E-state index is -0.845. The zero-order valence-electron chi connectivity index (χ0n) is 9.14. The fourth-order valence-electron chi connectivity index (χ4n) is 1.71. The molecular weight excluding hydrogens is 284 g/mol. The Morgan fingerprint density at radius 1 is 1.29 bits per heavy atom. The van der Waals surface area contributed by atoms with Gasteiger partial charge >= 0.3 is 5.97 Å². The number of carboxylic acid groups (broad SMARTS) is 1. The first kappa shape index (κ1) is 11.9. The molecule has 17 heavy (non-hydrogen) atoms. The molecule has 0 fully saturated rings. The van der Waals surface area contributed by atoms with Crippen LogP contribution in [0.15, 0.2) is 34.8 Å². The maximum Gasteiger partial charge on any atom is 0.310 e. The van der Waals surface area contributed by atoms with E-state index in [0.29, 0.717) is 4.47 Å². The van der Waals surface area contributed by atoms with E-state index in [2.05, 4.69) is 15.9 Å². The largest absolute Gasteiger partial charge is 0.507 e. The molecule has 3 nitrogen and oxygen atoms in total. The van der Waals surface area contributed by atoms with Crippen LogP contribution in [0.1, 0.15) is 18.4 Å². The molecule has 0 saturated heterocycles. The van der Waals surface area contributed by atoms with Crippen molar-refractivity contribution in [2.24, 2.45) is 0 Å². The van der Waals surface area contributed by atoms with Crippen molar-refractivity contribution in [1.29, 1.82) is 0 Å². The summed E-state index contributed by atoms with van der Waals surface area (Å²) in [5, 5.41) is 20.3. The smallest absolute Gasteiger partial charge is 0.310 e. The maximum absolute atomic E-state index is 10.9. The van der Waals surface area contributed by atoms with Crippen LogP contribution in [0, 0.1) is 0 Å². The van der Waals surface area contributed by atoms with Crippen LogP contribution in [0.4, 0.5) is 0 Å². The molecule has 2 N–H and O–H groups in total. The maximum atomic E-state index is 10.9. The number of carboxylic acids is 1. The molecule has 1 atom stereocenters. The van der Waals surface area contributed by atoms with Crippen molar-refractivity contribution in [2.45, 2.75) is 12.8 Å². The minimum absolute atomic E-state index is 0.177. The number of aromatic hydroxyl groups is 1. The second-order valence-corrected chi connectivity index (χ2v) is 4.73. The molecule has 2 aromatic carbocycles. The van der Waals surface area contributed by atoms with Gasteiger partial charge in [-0.1, -0.05) is 24.3 Å². The molecule has 0 radical (unpaired) electrons. The van der Waals surface area contributed by atoms with E-state index in [1.165, 1.54) is 0 Å². The van der Waals surface area contributed by atoms with Crippen molar-refractivity contribution in [3.8, 4) is 5.75 Å². The van der Waals surface area contributed by atoms with Gasteiger partial charge in [-0.15, -0.1) is 0 Å². The van der Waals surface area contributed by atoms with Crippen molar-refractivity contribution < 1.29 is 15.0 Å². The zero-order chi connectivity index (χ0) is 12.6. The van der Waals surface area contributed by atoms with E-state index in [1.807, 2.05) is 12.1 Å². The second-order valence-electron chi connectivity index (χ2n) is 3.94. The quantitative estimate of drug-likeness (QED) is 0.891. The topological polar surface area (TPSA) is 57.5 Å². The molecule has 0 saturated carbocycles.